The number of aromatic nitrogens is 1. The van der Waals surface area contributed by atoms with Gasteiger partial charge in [-0.05, 0) is 55.2 Å². The van der Waals surface area contributed by atoms with Crippen LogP contribution in [-0.2, 0) is 6.42 Å². The lowest BCUT2D eigenvalue weighted by Crippen LogP contribution is -2.34. The second-order valence-electron chi connectivity index (χ2n) is 7.18. The Morgan fingerprint density at radius 3 is 2.48 bits per heavy atom. The molecule has 1 amide bonds. The van der Waals surface area contributed by atoms with Crippen molar-refractivity contribution in [3.8, 4) is 17.2 Å². The molecule has 6 heteroatoms. The molecule has 0 fully saturated rings. The Kier molecular flexibility index (Phi) is 7.49. The molecule has 0 aliphatic rings. The average molecular weight is 421 g/mol. The van der Waals surface area contributed by atoms with E-state index in [0.717, 1.165) is 17.7 Å². The van der Waals surface area contributed by atoms with Crippen LogP contribution in [-0.4, -0.2) is 30.7 Å². The fourth-order valence-corrected chi connectivity index (χ4v) is 3.38. The van der Waals surface area contributed by atoms with E-state index in [1.54, 1.807) is 38.4 Å². The van der Waals surface area contributed by atoms with E-state index in [1.807, 2.05) is 36.4 Å². The van der Waals surface area contributed by atoms with Crippen LogP contribution in [0.25, 0.3) is 5.69 Å². The van der Waals surface area contributed by atoms with E-state index < -0.39 is 5.91 Å². The summed E-state index contributed by atoms with van der Waals surface area (Å²) in [7, 11) is 1.55. The summed E-state index contributed by atoms with van der Waals surface area (Å²) in [6, 6.07) is 16.8. The zero-order valence-electron chi connectivity index (χ0n) is 18.2. The molecule has 162 valence electrons. The molecule has 0 atom stereocenters. The molecular formula is C25H28N2O4. The first-order valence-corrected chi connectivity index (χ1v) is 10.4. The van der Waals surface area contributed by atoms with Crippen LogP contribution >= 0.6 is 0 Å². The Bertz CT molecular complexity index is 1100. The van der Waals surface area contributed by atoms with Crippen LogP contribution in [0, 0.1) is 6.92 Å². The molecule has 1 heterocycles. The van der Waals surface area contributed by atoms with E-state index >= 15 is 0 Å². The van der Waals surface area contributed by atoms with Crippen LogP contribution in [0.1, 0.15) is 34.8 Å². The molecule has 0 unspecified atom stereocenters. The first-order chi connectivity index (χ1) is 15.1. The number of hydrogen-bond donors (Lipinski definition) is 1. The van der Waals surface area contributed by atoms with Gasteiger partial charge in [0, 0.05) is 12.7 Å². The number of nitrogens with one attached hydrogen (secondary N) is 1. The van der Waals surface area contributed by atoms with Gasteiger partial charge in [-0.25, -0.2) is 0 Å². The van der Waals surface area contributed by atoms with E-state index in [0.29, 0.717) is 36.6 Å². The molecule has 3 rings (SSSR count). The molecule has 0 radical (unpaired) electrons. The predicted molar refractivity (Wildman–Crippen MR) is 122 cm³/mol. The van der Waals surface area contributed by atoms with Gasteiger partial charge in [-0.15, -0.1) is 0 Å². The molecular weight excluding hydrogens is 392 g/mol. The minimum atomic E-state index is -0.390. The quantitative estimate of drug-likeness (QED) is 0.570. The third-order valence-corrected chi connectivity index (χ3v) is 4.99. The Morgan fingerprint density at radius 2 is 1.74 bits per heavy atom. The Morgan fingerprint density at radius 1 is 1.03 bits per heavy atom. The predicted octanol–water partition coefficient (Wildman–Crippen LogP) is 3.92. The molecule has 6 nitrogen and oxygen atoms in total. The lowest BCUT2D eigenvalue weighted by Gasteiger charge is -2.14. The molecule has 2 aromatic carbocycles. The van der Waals surface area contributed by atoms with Crippen molar-refractivity contribution in [3.63, 3.8) is 0 Å². The van der Waals surface area contributed by atoms with E-state index in [9.17, 15) is 9.59 Å². The Labute approximate surface area is 182 Å². The number of methoxy groups -OCH3 is 1. The van der Waals surface area contributed by atoms with Gasteiger partial charge in [0.1, 0.15) is 17.1 Å². The third kappa shape index (κ3) is 5.15. The molecule has 0 saturated carbocycles. The molecule has 1 N–H and O–H groups in total. The van der Waals surface area contributed by atoms with Crippen molar-refractivity contribution in [1.82, 2.24) is 9.88 Å². The first kappa shape index (κ1) is 22.2. The Balaban J connectivity index is 1.78. The second-order valence-corrected chi connectivity index (χ2v) is 7.18. The number of pyridine rings is 1. The van der Waals surface area contributed by atoms with Crippen molar-refractivity contribution in [3.05, 3.63) is 87.8 Å². The van der Waals surface area contributed by atoms with Gasteiger partial charge in [-0.1, -0.05) is 37.3 Å². The summed E-state index contributed by atoms with van der Waals surface area (Å²) in [6.45, 7) is 4.86. The van der Waals surface area contributed by atoms with E-state index in [-0.39, 0.29) is 11.1 Å². The molecule has 0 spiro atoms. The van der Waals surface area contributed by atoms with E-state index in [4.69, 9.17) is 9.47 Å². The van der Waals surface area contributed by atoms with Gasteiger partial charge in [0.05, 0.1) is 19.4 Å². The van der Waals surface area contributed by atoms with Crippen molar-refractivity contribution >= 4 is 5.91 Å². The van der Waals surface area contributed by atoms with Gasteiger partial charge in [-0.3, -0.25) is 14.2 Å². The monoisotopic (exact) mass is 420 g/mol. The summed E-state index contributed by atoms with van der Waals surface area (Å²) in [4.78, 5) is 26.0. The van der Waals surface area contributed by atoms with Crippen molar-refractivity contribution in [2.75, 3.05) is 20.3 Å². The fraction of sp³-hybridized carbons (Fsp3) is 0.280. The molecule has 0 bridgehead atoms. The number of ether oxygens (including phenoxy) is 2. The highest BCUT2D eigenvalue weighted by molar-refractivity contribution is 5.95. The minimum absolute atomic E-state index is 0.129. The number of carbonyl (C=O) groups is 1. The molecule has 0 aliphatic carbocycles. The maximum Gasteiger partial charge on any atom is 0.268 e. The van der Waals surface area contributed by atoms with Crippen LogP contribution < -0.4 is 20.3 Å². The number of rotatable bonds is 9. The zero-order valence-corrected chi connectivity index (χ0v) is 18.2. The number of carbonyl (C=O) groups excluding carboxylic acids is 1. The maximum atomic E-state index is 13.1. The highest BCUT2D eigenvalue weighted by atomic mass is 16.5. The molecule has 1 aromatic heterocycles. The van der Waals surface area contributed by atoms with Crippen molar-refractivity contribution in [2.45, 2.75) is 26.7 Å². The normalized spacial score (nSPS) is 10.5. The first-order valence-electron chi connectivity index (χ1n) is 10.4. The summed E-state index contributed by atoms with van der Waals surface area (Å²) < 4.78 is 12.6. The standard InChI is InChI=1S/C25H28N2O4/c1-4-17-31-21-11-7-5-9-19(21)13-15-26-24(28)23-18(2)14-16-27(25(23)29)20-10-6-8-12-22(20)30-3/h5-12,14,16H,4,13,15,17H2,1-3H3,(H,26,28). The van der Waals surface area contributed by atoms with Crippen LogP contribution in [0.3, 0.4) is 0 Å². The van der Waals surface area contributed by atoms with Gasteiger partial charge in [0.2, 0.25) is 0 Å². The smallest absolute Gasteiger partial charge is 0.268 e. The van der Waals surface area contributed by atoms with E-state index in [2.05, 4.69) is 12.2 Å². The maximum absolute atomic E-state index is 13.1. The van der Waals surface area contributed by atoms with Gasteiger partial charge in [-0.2, -0.15) is 0 Å². The summed E-state index contributed by atoms with van der Waals surface area (Å²) in [5, 5.41) is 2.88. The van der Waals surface area contributed by atoms with Crippen LogP contribution in [0.15, 0.2) is 65.6 Å². The zero-order chi connectivity index (χ0) is 22.2. The van der Waals surface area contributed by atoms with Gasteiger partial charge >= 0.3 is 0 Å². The number of benzene rings is 2. The number of aryl methyl sites for hydroxylation is 1. The number of para-hydroxylation sites is 3. The van der Waals surface area contributed by atoms with E-state index in [1.165, 1.54) is 4.57 Å². The van der Waals surface area contributed by atoms with Crippen molar-refractivity contribution in [1.29, 1.82) is 0 Å². The number of nitrogens with zero attached hydrogens (tertiary/aromatic N) is 1. The highest BCUT2D eigenvalue weighted by Crippen LogP contribution is 2.21. The lowest BCUT2D eigenvalue weighted by atomic mass is 10.1. The van der Waals surface area contributed by atoms with Crippen molar-refractivity contribution < 1.29 is 14.3 Å². The van der Waals surface area contributed by atoms with Crippen molar-refractivity contribution in [2.24, 2.45) is 0 Å². The number of hydrogen-bond acceptors (Lipinski definition) is 4. The molecule has 31 heavy (non-hydrogen) atoms. The van der Waals surface area contributed by atoms with Gasteiger partial charge < -0.3 is 14.8 Å². The van der Waals surface area contributed by atoms with Gasteiger partial charge in [0.25, 0.3) is 11.5 Å². The number of amides is 1. The highest BCUT2D eigenvalue weighted by Gasteiger charge is 2.17. The summed E-state index contributed by atoms with van der Waals surface area (Å²) in [5.41, 5.74) is 1.98. The minimum Gasteiger partial charge on any atom is -0.495 e. The van der Waals surface area contributed by atoms with Crippen LogP contribution in [0.4, 0.5) is 0 Å². The third-order valence-electron chi connectivity index (χ3n) is 4.99. The molecule has 3 aromatic rings. The molecule has 0 aliphatic heterocycles. The largest absolute Gasteiger partial charge is 0.495 e. The summed E-state index contributed by atoms with van der Waals surface area (Å²) in [6.07, 6.45) is 3.20. The topological polar surface area (TPSA) is 69.6 Å². The van der Waals surface area contributed by atoms with Gasteiger partial charge in [0.15, 0.2) is 0 Å². The fourth-order valence-electron chi connectivity index (χ4n) is 3.38. The lowest BCUT2D eigenvalue weighted by molar-refractivity contribution is 0.0951. The SMILES string of the molecule is CCCOc1ccccc1CCNC(=O)c1c(C)ccn(-c2ccccc2OC)c1=O. The Hall–Kier alpha value is -3.54. The second kappa shape index (κ2) is 10.5. The average Bonchev–Trinajstić information content (AvgIpc) is 2.78. The van der Waals surface area contributed by atoms with Crippen LogP contribution in [0.5, 0.6) is 11.5 Å². The molecule has 0 saturated heterocycles. The van der Waals surface area contributed by atoms with Crippen LogP contribution in [0.2, 0.25) is 0 Å². The summed E-state index contributed by atoms with van der Waals surface area (Å²) >= 11 is 0. The summed E-state index contributed by atoms with van der Waals surface area (Å²) in [5.74, 6) is 0.996.